The van der Waals surface area contributed by atoms with E-state index < -0.39 is 0 Å². The van der Waals surface area contributed by atoms with Gasteiger partial charge < -0.3 is 5.43 Å². The van der Waals surface area contributed by atoms with Crippen LogP contribution >= 0.6 is 11.3 Å². The Morgan fingerprint density at radius 1 is 1.16 bits per heavy atom. The molecule has 0 saturated heterocycles. The molecule has 0 radical (unpaired) electrons. The van der Waals surface area contributed by atoms with Gasteiger partial charge in [-0.1, -0.05) is 29.8 Å². The molecule has 5 heteroatoms. The highest BCUT2D eigenvalue weighted by atomic mass is 32.1. The van der Waals surface area contributed by atoms with Crippen LogP contribution in [0.2, 0.25) is 0 Å². The fourth-order valence-electron chi connectivity index (χ4n) is 1.98. The summed E-state index contributed by atoms with van der Waals surface area (Å²) in [5.41, 5.74) is 5.10. The number of nitrogens with zero attached hydrogens (tertiary/aromatic N) is 2. The minimum absolute atomic E-state index is 0.688. The van der Waals surface area contributed by atoms with Gasteiger partial charge in [-0.05, 0) is 23.9 Å². The van der Waals surface area contributed by atoms with Crippen molar-refractivity contribution in [1.82, 2.24) is 9.97 Å². The molecule has 0 unspecified atom stereocenters. The van der Waals surface area contributed by atoms with Crippen molar-refractivity contribution in [2.24, 2.45) is 5.84 Å². The second-order valence-corrected chi connectivity index (χ2v) is 5.33. The monoisotopic (exact) mass is 270 g/mol. The first-order chi connectivity index (χ1) is 9.26. The highest BCUT2D eigenvalue weighted by molar-refractivity contribution is 7.16. The van der Waals surface area contributed by atoms with Crippen LogP contribution < -0.4 is 11.3 Å². The number of hydrogen-bond acceptors (Lipinski definition) is 5. The van der Waals surface area contributed by atoms with Gasteiger partial charge >= 0.3 is 0 Å². The predicted octanol–water partition coefficient (Wildman–Crippen LogP) is 2.88. The average molecular weight is 270 g/mol. The highest BCUT2D eigenvalue weighted by Gasteiger charge is 2.08. The molecular formula is C14H14N4S. The van der Waals surface area contributed by atoms with Crippen LogP contribution in [0.4, 0.5) is 5.82 Å². The van der Waals surface area contributed by atoms with Crippen molar-refractivity contribution in [3.05, 3.63) is 52.7 Å². The van der Waals surface area contributed by atoms with Crippen molar-refractivity contribution >= 4 is 27.4 Å². The van der Waals surface area contributed by atoms with E-state index in [4.69, 9.17) is 5.84 Å². The van der Waals surface area contributed by atoms with E-state index in [0.29, 0.717) is 12.2 Å². The van der Waals surface area contributed by atoms with Crippen molar-refractivity contribution < 1.29 is 0 Å². The van der Waals surface area contributed by atoms with Gasteiger partial charge in [0.25, 0.3) is 0 Å². The molecule has 0 aliphatic carbocycles. The molecule has 19 heavy (non-hydrogen) atoms. The number of rotatable bonds is 3. The lowest BCUT2D eigenvalue weighted by Gasteiger charge is -2.05. The third-order valence-electron chi connectivity index (χ3n) is 2.99. The van der Waals surface area contributed by atoms with Gasteiger partial charge in [-0.15, -0.1) is 11.3 Å². The van der Waals surface area contributed by atoms with E-state index in [-0.39, 0.29) is 0 Å². The van der Waals surface area contributed by atoms with E-state index in [9.17, 15) is 0 Å². The van der Waals surface area contributed by atoms with Crippen LogP contribution in [-0.2, 0) is 6.42 Å². The Kier molecular flexibility index (Phi) is 3.15. The first kappa shape index (κ1) is 12.1. The van der Waals surface area contributed by atoms with Gasteiger partial charge in [0.1, 0.15) is 10.7 Å². The molecule has 0 bridgehead atoms. The van der Waals surface area contributed by atoms with Crippen LogP contribution in [0.25, 0.3) is 10.2 Å². The molecule has 3 rings (SSSR count). The van der Waals surface area contributed by atoms with Crippen molar-refractivity contribution in [3.63, 3.8) is 0 Å². The highest BCUT2D eigenvalue weighted by Crippen LogP contribution is 2.25. The van der Waals surface area contributed by atoms with Crippen LogP contribution in [0.5, 0.6) is 0 Å². The minimum Gasteiger partial charge on any atom is -0.308 e. The standard InChI is InChI=1S/C14H14N4S/c1-9-2-4-10(5-3-9)8-12-16-13(18-15)11-6-7-19-14(11)17-12/h2-7H,8,15H2,1H3,(H,16,17,18). The summed E-state index contributed by atoms with van der Waals surface area (Å²) in [6.45, 7) is 2.08. The predicted molar refractivity (Wildman–Crippen MR) is 79.2 cm³/mol. The molecule has 0 aliphatic rings. The Balaban J connectivity index is 1.98. The van der Waals surface area contributed by atoms with Crippen molar-refractivity contribution in [3.8, 4) is 0 Å². The summed E-state index contributed by atoms with van der Waals surface area (Å²) in [5.74, 6) is 6.99. The molecule has 2 aromatic heterocycles. The minimum atomic E-state index is 0.688. The van der Waals surface area contributed by atoms with E-state index in [0.717, 1.165) is 16.0 Å². The topological polar surface area (TPSA) is 63.8 Å². The van der Waals surface area contributed by atoms with Crippen LogP contribution in [0.15, 0.2) is 35.7 Å². The normalized spacial score (nSPS) is 10.8. The van der Waals surface area contributed by atoms with Gasteiger partial charge in [0, 0.05) is 6.42 Å². The molecule has 0 spiro atoms. The van der Waals surface area contributed by atoms with Gasteiger partial charge in [0.05, 0.1) is 5.39 Å². The molecule has 0 aliphatic heterocycles. The number of nitrogens with one attached hydrogen (secondary N) is 1. The van der Waals surface area contributed by atoms with Crippen LogP contribution in [0.1, 0.15) is 17.0 Å². The van der Waals surface area contributed by atoms with E-state index >= 15 is 0 Å². The maximum absolute atomic E-state index is 5.52. The van der Waals surface area contributed by atoms with Gasteiger partial charge in [-0.2, -0.15) is 0 Å². The molecule has 1 aromatic carbocycles. The van der Waals surface area contributed by atoms with Gasteiger partial charge in [-0.3, -0.25) is 0 Å². The lowest BCUT2D eigenvalue weighted by atomic mass is 10.1. The van der Waals surface area contributed by atoms with Crippen LogP contribution in [0, 0.1) is 6.92 Å². The SMILES string of the molecule is Cc1ccc(Cc2nc(NN)c3ccsc3n2)cc1. The van der Waals surface area contributed by atoms with Crippen LogP contribution in [-0.4, -0.2) is 9.97 Å². The number of hydrazine groups is 1. The molecule has 0 fully saturated rings. The van der Waals surface area contributed by atoms with Crippen molar-refractivity contribution in [2.75, 3.05) is 5.43 Å². The van der Waals surface area contributed by atoms with Gasteiger partial charge in [0.2, 0.25) is 0 Å². The average Bonchev–Trinajstić information content (AvgIpc) is 2.89. The van der Waals surface area contributed by atoms with E-state index in [2.05, 4.69) is 46.6 Å². The van der Waals surface area contributed by atoms with Crippen LogP contribution in [0.3, 0.4) is 0 Å². The van der Waals surface area contributed by atoms with Gasteiger partial charge in [0.15, 0.2) is 5.82 Å². The first-order valence-electron chi connectivity index (χ1n) is 6.02. The number of anilines is 1. The number of aryl methyl sites for hydroxylation is 1. The number of nitrogens with two attached hydrogens (primary N) is 1. The molecule has 0 amide bonds. The Morgan fingerprint density at radius 3 is 2.68 bits per heavy atom. The Labute approximate surface area is 115 Å². The second-order valence-electron chi connectivity index (χ2n) is 4.43. The third kappa shape index (κ3) is 2.43. The zero-order valence-corrected chi connectivity index (χ0v) is 11.4. The summed E-state index contributed by atoms with van der Waals surface area (Å²) in [6.07, 6.45) is 0.711. The summed E-state index contributed by atoms with van der Waals surface area (Å²) >= 11 is 1.60. The number of benzene rings is 1. The fraction of sp³-hybridized carbons (Fsp3) is 0.143. The first-order valence-corrected chi connectivity index (χ1v) is 6.90. The van der Waals surface area contributed by atoms with Crippen molar-refractivity contribution in [2.45, 2.75) is 13.3 Å². The van der Waals surface area contributed by atoms with Crippen molar-refractivity contribution in [1.29, 1.82) is 0 Å². The second kappa shape index (κ2) is 4.95. The van der Waals surface area contributed by atoms with E-state index in [1.165, 1.54) is 11.1 Å². The zero-order chi connectivity index (χ0) is 13.2. The molecule has 4 nitrogen and oxygen atoms in total. The smallest absolute Gasteiger partial charge is 0.152 e. The number of thiophene rings is 1. The summed E-state index contributed by atoms with van der Waals surface area (Å²) in [7, 11) is 0. The largest absolute Gasteiger partial charge is 0.308 e. The molecule has 96 valence electrons. The molecule has 2 heterocycles. The maximum atomic E-state index is 5.52. The Morgan fingerprint density at radius 2 is 1.95 bits per heavy atom. The third-order valence-corrected chi connectivity index (χ3v) is 3.80. The lowest BCUT2D eigenvalue weighted by molar-refractivity contribution is 0.992. The summed E-state index contributed by atoms with van der Waals surface area (Å²) < 4.78 is 0. The number of aromatic nitrogens is 2. The fourth-order valence-corrected chi connectivity index (χ4v) is 2.76. The Bertz CT molecular complexity index is 703. The molecule has 0 saturated carbocycles. The lowest BCUT2D eigenvalue weighted by Crippen LogP contribution is -2.10. The van der Waals surface area contributed by atoms with E-state index in [1.54, 1.807) is 11.3 Å². The number of hydrogen-bond donors (Lipinski definition) is 2. The quantitative estimate of drug-likeness (QED) is 0.567. The summed E-state index contributed by atoms with van der Waals surface area (Å²) in [4.78, 5) is 10.0. The molecule has 3 N–H and O–H groups in total. The maximum Gasteiger partial charge on any atom is 0.152 e. The summed E-state index contributed by atoms with van der Waals surface area (Å²) in [5, 5.41) is 2.97. The number of fused-ring (bicyclic) bond motifs is 1. The van der Waals surface area contributed by atoms with Gasteiger partial charge in [-0.25, -0.2) is 15.8 Å². The summed E-state index contributed by atoms with van der Waals surface area (Å²) in [6, 6.07) is 10.4. The molecule has 0 atom stereocenters. The van der Waals surface area contributed by atoms with E-state index in [1.807, 2.05) is 11.4 Å². The Hall–Kier alpha value is -1.98. The molecule has 3 aromatic rings. The zero-order valence-electron chi connectivity index (χ0n) is 10.6. The number of nitrogen functional groups attached to an aromatic ring is 1. The molecular weight excluding hydrogens is 256 g/mol.